The van der Waals surface area contributed by atoms with Crippen LogP contribution in [-0.4, -0.2) is 12.2 Å². The lowest BCUT2D eigenvalue weighted by Gasteiger charge is -1.99. The number of hydrogen-bond donors (Lipinski definition) is 1. The third-order valence-corrected chi connectivity index (χ3v) is 1.67. The minimum absolute atomic E-state index is 0.0667. The molecule has 1 aliphatic rings. The van der Waals surface area contributed by atoms with E-state index in [0.717, 1.165) is 11.3 Å². The van der Waals surface area contributed by atoms with Crippen molar-refractivity contribution in [2.24, 2.45) is 0 Å². The summed E-state index contributed by atoms with van der Waals surface area (Å²) in [6.07, 6.45) is 4.50. The molecule has 0 amide bonds. The van der Waals surface area contributed by atoms with E-state index in [4.69, 9.17) is 9.84 Å². The predicted octanol–water partition coefficient (Wildman–Crippen LogP) is 2.36. The highest BCUT2D eigenvalue weighted by Gasteiger charge is 1.95. The van der Waals surface area contributed by atoms with Crippen molar-refractivity contribution in [3.05, 3.63) is 29.8 Å². The van der Waals surface area contributed by atoms with Crippen LogP contribution in [0.15, 0.2) is 24.3 Å². The number of hydrogen-bond acceptors (Lipinski definition) is 2. The average Bonchev–Trinajstić information content (AvgIpc) is 3.05. The van der Waals surface area contributed by atoms with Crippen LogP contribution in [0.2, 0.25) is 0 Å². The van der Waals surface area contributed by atoms with Gasteiger partial charge in [-0.1, -0.05) is 31.4 Å². The van der Waals surface area contributed by atoms with Crippen molar-refractivity contribution in [2.45, 2.75) is 25.9 Å². The first-order valence-corrected chi connectivity index (χ1v) is 4.60. The van der Waals surface area contributed by atoms with Crippen LogP contribution in [0.3, 0.4) is 0 Å². The van der Waals surface area contributed by atoms with Crippen molar-refractivity contribution in [3.8, 4) is 5.75 Å². The maximum atomic E-state index is 8.70. The molecule has 0 bridgehead atoms. The summed E-state index contributed by atoms with van der Waals surface area (Å²) >= 11 is 0. The van der Waals surface area contributed by atoms with Crippen LogP contribution < -0.4 is 4.74 Å². The Labute approximate surface area is 79.2 Å². The Kier molecular flexibility index (Phi) is 4.33. The average molecular weight is 180 g/mol. The largest absolute Gasteiger partial charge is 0.497 e. The lowest BCUT2D eigenvalue weighted by molar-refractivity contribution is 0.281. The molecule has 1 fully saturated rings. The van der Waals surface area contributed by atoms with Crippen molar-refractivity contribution >= 4 is 0 Å². The van der Waals surface area contributed by atoms with Crippen molar-refractivity contribution in [3.63, 3.8) is 0 Å². The maximum absolute atomic E-state index is 8.70. The third-order valence-electron chi connectivity index (χ3n) is 1.67. The molecule has 72 valence electrons. The normalized spacial score (nSPS) is 12.8. The molecule has 2 rings (SSSR count). The number of benzene rings is 1. The smallest absolute Gasteiger partial charge is 0.119 e. The van der Waals surface area contributed by atoms with Gasteiger partial charge < -0.3 is 9.84 Å². The quantitative estimate of drug-likeness (QED) is 0.757. The molecule has 1 aliphatic carbocycles. The molecule has 0 unspecified atom stereocenters. The molecule has 1 N–H and O–H groups in total. The Bertz CT molecular complexity index is 222. The topological polar surface area (TPSA) is 29.5 Å². The Morgan fingerprint density at radius 2 is 2.00 bits per heavy atom. The molecule has 0 heterocycles. The maximum Gasteiger partial charge on any atom is 0.119 e. The highest BCUT2D eigenvalue weighted by Crippen LogP contribution is 2.14. The number of ether oxygens (including phenoxy) is 1. The molecule has 2 heteroatoms. The Morgan fingerprint density at radius 1 is 1.31 bits per heavy atom. The number of rotatable bonds is 2. The highest BCUT2D eigenvalue weighted by molar-refractivity contribution is 5.27. The first-order valence-electron chi connectivity index (χ1n) is 4.60. The molecule has 0 atom stereocenters. The molecule has 0 aliphatic heterocycles. The number of aliphatic hydroxyl groups is 1. The molecule has 0 aromatic heterocycles. The second kappa shape index (κ2) is 5.60. The molecule has 1 saturated carbocycles. The van der Waals surface area contributed by atoms with Gasteiger partial charge in [-0.15, -0.1) is 0 Å². The van der Waals surface area contributed by atoms with E-state index < -0.39 is 0 Å². The van der Waals surface area contributed by atoms with E-state index >= 15 is 0 Å². The first kappa shape index (κ1) is 10.1. The van der Waals surface area contributed by atoms with Crippen LogP contribution in [-0.2, 0) is 6.61 Å². The minimum Gasteiger partial charge on any atom is -0.497 e. The van der Waals surface area contributed by atoms with E-state index in [-0.39, 0.29) is 6.61 Å². The van der Waals surface area contributed by atoms with Gasteiger partial charge in [0.1, 0.15) is 5.75 Å². The van der Waals surface area contributed by atoms with Crippen LogP contribution in [0.5, 0.6) is 5.75 Å². The monoisotopic (exact) mass is 180 g/mol. The van der Waals surface area contributed by atoms with Gasteiger partial charge in [-0.3, -0.25) is 0 Å². The Morgan fingerprint density at radius 3 is 2.46 bits per heavy atom. The van der Waals surface area contributed by atoms with E-state index in [1.807, 2.05) is 18.2 Å². The lowest BCUT2D eigenvalue weighted by atomic mass is 10.2. The molecular weight excluding hydrogens is 164 g/mol. The van der Waals surface area contributed by atoms with Gasteiger partial charge in [-0.25, -0.2) is 0 Å². The first-order chi connectivity index (χ1) is 6.36. The van der Waals surface area contributed by atoms with Gasteiger partial charge in [0, 0.05) is 0 Å². The Hall–Kier alpha value is -1.02. The van der Waals surface area contributed by atoms with Crippen molar-refractivity contribution in [1.29, 1.82) is 0 Å². The molecule has 0 radical (unpaired) electrons. The summed E-state index contributed by atoms with van der Waals surface area (Å²) in [6.45, 7) is 0.0667. The SMILES string of the molecule is C1CC1.COc1cccc(CO)c1. The van der Waals surface area contributed by atoms with E-state index in [1.165, 1.54) is 19.3 Å². The fourth-order valence-corrected chi connectivity index (χ4v) is 0.771. The van der Waals surface area contributed by atoms with Crippen LogP contribution in [0.25, 0.3) is 0 Å². The second-order valence-electron chi connectivity index (χ2n) is 3.07. The van der Waals surface area contributed by atoms with E-state index in [1.54, 1.807) is 13.2 Å². The Balaban J connectivity index is 0.000000236. The summed E-state index contributed by atoms with van der Waals surface area (Å²) in [5, 5.41) is 8.70. The van der Waals surface area contributed by atoms with Gasteiger partial charge in [-0.2, -0.15) is 0 Å². The van der Waals surface area contributed by atoms with Crippen molar-refractivity contribution < 1.29 is 9.84 Å². The molecular formula is C11H16O2. The van der Waals surface area contributed by atoms with Gasteiger partial charge in [-0.05, 0) is 17.7 Å². The highest BCUT2D eigenvalue weighted by atomic mass is 16.5. The second-order valence-corrected chi connectivity index (χ2v) is 3.07. The fourth-order valence-electron chi connectivity index (χ4n) is 0.771. The van der Waals surface area contributed by atoms with Gasteiger partial charge >= 0.3 is 0 Å². The molecule has 1 aromatic carbocycles. The summed E-state index contributed by atoms with van der Waals surface area (Å²) in [4.78, 5) is 0. The zero-order valence-electron chi connectivity index (χ0n) is 7.99. The van der Waals surface area contributed by atoms with E-state index in [2.05, 4.69) is 0 Å². The summed E-state index contributed by atoms with van der Waals surface area (Å²) in [5.41, 5.74) is 0.874. The van der Waals surface area contributed by atoms with Crippen LogP contribution in [0.1, 0.15) is 24.8 Å². The van der Waals surface area contributed by atoms with Crippen molar-refractivity contribution in [2.75, 3.05) is 7.11 Å². The van der Waals surface area contributed by atoms with Gasteiger partial charge in [0.15, 0.2) is 0 Å². The summed E-state index contributed by atoms with van der Waals surface area (Å²) < 4.78 is 4.95. The third kappa shape index (κ3) is 4.53. The minimum atomic E-state index is 0.0667. The van der Waals surface area contributed by atoms with Crippen molar-refractivity contribution in [1.82, 2.24) is 0 Å². The summed E-state index contributed by atoms with van der Waals surface area (Å²) in [6, 6.07) is 7.35. The van der Waals surface area contributed by atoms with Crippen LogP contribution in [0, 0.1) is 0 Å². The number of aliphatic hydroxyl groups excluding tert-OH is 1. The van der Waals surface area contributed by atoms with E-state index in [0.29, 0.717) is 0 Å². The van der Waals surface area contributed by atoms with Crippen LogP contribution >= 0.6 is 0 Å². The van der Waals surface area contributed by atoms with E-state index in [9.17, 15) is 0 Å². The van der Waals surface area contributed by atoms with Gasteiger partial charge in [0.2, 0.25) is 0 Å². The molecule has 2 nitrogen and oxygen atoms in total. The van der Waals surface area contributed by atoms with Gasteiger partial charge in [0.25, 0.3) is 0 Å². The zero-order chi connectivity index (χ0) is 9.52. The summed E-state index contributed by atoms with van der Waals surface area (Å²) in [5.74, 6) is 0.784. The molecule has 0 spiro atoms. The summed E-state index contributed by atoms with van der Waals surface area (Å²) in [7, 11) is 1.61. The van der Waals surface area contributed by atoms with Gasteiger partial charge in [0.05, 0.1) is 13.7 Å². The molecule has 13 heavy (non-hydrogen) atoms. The zero-order valence-corrected chi connectivity index (χ0v) is 7.99. The molecule has 0 saturated heterocycles. The number of methoxy groups -OCH3 is 1. The lowest BCUT2D eigenvalue weighted by Crippen LogP contribution is -1.85. The molecule has 1 aromatic rings. The van der Waals surface area contributed by atoms with Crippen LogP contribution in [0.4, 0.5) is 0 Å². The predicted molar refractivity (Wildman–Crippen MR) is 52.8 cm³/mol. The standard InChI is InChI=1S/C8H10O2.C3H6/c1-10-8-4-2-3-7(5-8)6-9;1-2-3-1/h2-5,9H,6H2,1H3;1-3H2. The fraction of sp³-hybridized carbons (Fsp3) is 0.455.